The molecule has 0 aromatic carbocycles. The van der Waals surface area contributed by atoms with Crippen molar-refractivity contribution in [2.75, 3.05) is 12.3 Å². The minimum atomic E-state index is -0.602. The lowest BCUT2D eigenvalue weighted by Gasteiger charge is -2.12. The van der Waals surface area contributed by atoms with Crippen LogP contribution in [-0.2, 0) is 0 Å². The fourth-order valence-electron chi connectivity index (χ4n) is 1.41. The van der Waals surface area contributed by atoms with Gasteiger partial charge in [0.2, 0.25) is 0 Å². The molecule has 2 heterocycles. The highest BCUT2D eigenvalue weighted by atomic mass is 32.2. The number of rotatable bonds is 2. The summed E-state index contributed by atoms with van der Waals surface area (Å²) < 4.78 is 14.5. The first kappa shape index (κ1) is 11.2. The Labute approximate surface area is 94.8 Å². The summed E-state index contributed by atoms with van der Waals surface area (Å²) in [5.74, 6) is -0.284. The molecule has 0 saturated heterocycles. The third-order valence-electron chi connectivity index (χ3n) is 2.20. The van der Waals surface area contributed by atoms with Crippen LogP contribution in [0.15, 0.2) is 29.0 Å². The molecule has 5 nitrogen and oxygen atoms in total. The van der Waals surface area contributed by atoms with Gasteiger partial charge >= 0.3 is 5.69 Å². The second kappa shape index (κ2) is 4.26. The van der Waals surface area contributed by atoms with E-state index in [1.54, 1.807) is 0 Å². The van der Waals surface area contributed by atoms with E-state index in [1.807, 2.05) is 0 Å². The molecule has 1 aromatic heterocycles. The number of aromatic nitrogens is 2. The number of nitrogens with zero attached hydrogens (tertiary/aromatic N) is 2. The van der Waals surface area contributed by atoms with Gasteiger partial charge < -0.3 is 10.8 Å². The Bertz CT molecular complexity index is 488. The van der Waals surface area contributed by atoms with E-state index in [9.17, 15) is 9.18 Å². The molecular formula is C9H10FN3O2S. The van der Waals surface area contributed by atoms with Gasteiger partial charge in [-0.1, -0.05) is 0 Å². The van der Waals surface area contributed by atoms with Gasteiger partial charge in [0.1, 0.15) is 17.0 Å². The summed E-state index contributed by atoms with van der Waals surface area (Å²) in [5, 5.41) is 7.81. The molecule has 0 fully saturated rings. The lowest BCUT2D eigenvalue weighted by Crippen LogP contribution is -2.24. The van der Waals surface area contributed by atoms with E-state index in [-0.39, 0.29) is 12.4 Å². The smallest absolute Gasteiger partial charge is 0.350 e. The molecule has 0 spiro atoms. The number of anilines is 1. The molecule has 7 heteroatoms. The maximum atomic E-state index is 13.3. The summed E-state index contributed by atoms with van der Waals surface area (Å²) in [6.07, 6.45) is 2.76. The third kappa shape index (κ3) is 1.96. The zero-order chi connectivity index (χ0) is 11.7. The third-order valence-corrected chi connectivity index (χ3v) is 3.55. The van der Waals surface area contributed by atoms with E-state index in [2.05, 4.69) is 4.98 Å². The monoisotopic (exact) mass is 243 g/mol. The fraction of sp³-hybridized carbons (Fsp3) is 0.333. The summed E-state index contributed by atoms with van der Waals surface area (Å²) in [4.78, 5) is 15.0. The molecule has 1 aliphatic rings. The molecule has 2 rings (SSSR count). The van der Waals surface area contributed by atoms with Gasteiger partial charge in [0.05, 0.1) is 11.9 Å². The summed E-state index contributed by atoms with van der Waals surface area (Å²) >= 11 is 1.16. The molecule has 16 heavy (non-hydrogen) atoms. The van der Waals surface area contributed by atoms with Crippen LogP contribution in [0.3, 0.4) is 0 Å². The normalized spacial score (nSPS) is 24.5. The van der Waals surface area contributed by atoms with Crippen molar-refractivity contribution in [3.05, 3.63) is 34.7 Å². The van der Waals surface area contributed by atoms with Crippen LogP contribution in [0.25, 0.3) is 0 Å². The second-order valence-corrected chi connectivity index (χ2v) is 4.62. The van der Waals surface area contributed by atoms with Gasteiger partial charge in [0.15, 0.2) is 0 Å². The molecular weight excluding hydrogens is 233 g/mol. The molecule has 0 unspecified atom stereocenters. The summed E-state index contributed by atoms with van der Waals surface area (Å²) in [6, 6.07) is 1.47. The van der Waals surface area contributed by atoms with Crippen LogP contribution < -0.4 is 11.4 Å². The Morgan fingerprint density at radius 3 is 3.00 bits per heavy atom. The van der Waals surface area contributed by atoms with Crippen molar-refractivity contribution in [2.24, 2.45) is 0 Å². The zero-order valence-corrected chi connectivity index (χ0v) is 9.02. The standard InChI is InChI=1S/C9H10FN3O2S/c10-5-3-8(16-6(5)4-14)13-2-1-7(11)12-9(13)15/h1-3,6,8,14H,4H2,(H2,11,12,15)/t6-,8-/m0/s1. The Morgan fingerprint density at radius 2 is 2.44 bits per heavy atom. The van der Waals surface area contributed by atoms with E-state index in [0.29, 0.717) is 0 Å². The van der Waals surface area contributed by atoms with Gasteiger partial charge in [-0.2, -0.15) is 4.98 Å². The SMILES string of the molecule is Nc1ccn([C@@H]2C=C(F)[C@H](CO)S2)c(=O)n1. The molecule has 0 radical (unpaired) electrons. The number of nitrogens with two attached hydrogens (primary N) is 1. The number of aliphatic hydroxyl groups excluding tert-OH is 1. The number of aliphatic hydroxyl groups is 1. The Balaban J connectivity index is 2.31. The Morgan fingerprint density at radius 1 is 1.69 bits per heavy atom. The highest BCUT2D eigenvalue weighted by Crippen LogP contribution is 2.39. The van der Waals surface area contributed by atoms with Crippen LogP contribution in [0.5, 0.6) is 0 Å². The molecule has 0 saturated carbocycles. The number of hydrogen-bond acceptors (Lipinski definition) is 5. The Kier molecular flexibility index (Phi) is 2.97. The number of thioether (sulfide) groups is 1. The van der Waals surface area contributed by atoms with E-state index < -0.39 is 22.1 Å². The Hall–Kier alpha value is -1.34. The van der Waals surface area contributed by atoms with Gasteiger partial charge in [-0.3, -0.25) is 4.57 Å². The van der Waals surface area contributed by atoms with Crippen molar-refractivity contribution in [1.29, 1.82) is 0 Å². The van der Waals surface area contributed by atoms with Crippen molar-refractivity contribution in [1.82, 2.24) is 9.55 Å². The summed E-state index contributed by atoms with van der Waals surface area (Å²) in [7, 11) is 0. The van der Waals surface area contributed by atoms with Crippen LogP contribution in [0.2, 0.25) is 0 Å². The molecule has 1 aromatic rings. The van der Waals surface area contributed by atoms with Crippen LogP contribution in [-0.4, -0.2) is 26.5 Å². The van der Waals surface area contributed by atoms with Gasteiger partial charge in [-0.05, 0) is 12.1 Å². The highest BCUT2D eigenvalue weighted by molar-refractivity contribution is 8.00. The van der Waals surface area contributed by atoms with E-state index in [0.717, 1.165) is 11.8 Å². The topological polar surface area (TPSA) is 81.1 Å². The zero-order valence-electron chi connectivity index (χ0n) is 8.21. The van der Waals surface area contributed by atoms with Crippen molar-refractivity contribution < 1.29 is 9.50 Å². The number of hydrogen-bond donors (Lipinski definition) is 2. The maximum absolute atomic E-state index is 13.3. The van der Waals surface area contributed by atoms with Gasteiger partial charge in [-0.15, -0.1) is 11.8 Å². The van der Waals surface area contributed by atoms with Crippen molar-refractivity contribution >= 4 is 17.6 Å². The van der Waals surface area contributed by atoms with Crippen LogP contribution >= 0.6 is 11.8 Å². The molecule has 0 bridgehead atoms. The van der Waals surface area contributed by atoms with Gasteiger partial charge in [-0.25, -0.2) is 9.18 Å². The van der Waals surface area contributed by atoms with Crippen molar-refractivity contribution in [3.63, 3.8) is 0 Å². The number of halogens is 1. The largest absolute Gasteiger partial charge is 0.395 e. The lowest BCUT2D eigenvalue weighted by molar-refractivity contribution is 0.295. The predicted molar refractivity (Wildman–Crippen MR) is 59.6 cm³/mol. The average Bonchev–Trinajstić information content (AvgIpc) is 2.59. The first-order valence-corrected chi connectivity index (χ1v) is 5.54. The molecule has 2 atom stereocenters. The molecule has 1 aliphatic heterocycles. The summed E-state index contributed by atoms with van der Waals surface area (Å²) in [6.45, 7) is -0.291. The van der Waals surface area contributed by atoms with Gasteiger partial charge in [0.25, 0.3) is 0 Å². The van der Waals surface area contributed by atoms with E-state index >= 15 is 0 Å². The van der Waals surface area contributed by atoms with Crippen molar-refractivity contribution in [3.8, 4) is 0 Å². The van der Waals surface area contributed by atoms with Crippen LogP contribution in [0.1, 0.15) is 5.37 Å². The quantitative estimate of drug-likeness (QED) is 0.780. The molecule has 0 amide bonds. The van der Waals surface area contributed by atoms with E-state index in [1.165, 1.54) is 22.9 Å². The number of nitrogen functional groups attached to an aromatic ring is 1. The average molecular weight is 243 g/mol. The van der Waals surface area contributed by atoms with Gasteiger partial charge in [0, 0.05) is 6.20 Å². The van der Waals surface area contributed by atoms with Crippen LogP contribution in [0.4, 0.5) is 10.2 Å². The summed E-state index contributed by atoms with van der Waals surface area (Å²) in [5.41, 5.74) is 4.82. The van der Waals surface area contributed by atoms with Crippen LogP contribution in [0, 0.1) is 0 Å². The molecule has 3 N–H and O–H groups in total. The first-order chi connectivity index (χ1) is 7.61. The first-order valence-electron chi connectivity index (χ1n) is 4.60. The fourth-order valence-corrected chi connectivity index (χ4v) is 2.54. The minimum Gasteiger partial charge on any atom is -0.395 e. The molecule has 0 aliphatic carbocycles. The van der Waals surface area contributed by atoms with E-state index in [4.69, 9.17) is 10.8 Å². The molecule has 86 valence electrons. The maximum Gasteiger partial charge on any atom is 0.350 e. The van der Waals surface area contributed by atoms with Crippen molar-refractivity contribution in [2.45, 2.75) is 10.6 Å². The highest BCUT2D eigenvalue weighted by Gasteiger charge is 2.28. The predicted octanol–water partition coefficient (Wildman–Crippen LogP) is 0.285. The lowest BCUT2D eigenvalue weighted by atomic mass is 10.3. The minimum absolute atomic E-state index is 0.132. The second-order valence-electron chi connectivity index (χ2n) is 3.29.